The maximum absolute atomic E-state index is 14.9. The van der Waals surface area contributed by atoms with Gasteiger partial charge >= 0.3 is 0 Å². The molecule has 3 N–H and O–H groups in total. The molecule has 0 radical (unpaired) electrons. The van der Waals surface area contributed by atoms with Crippen molar-refractivity contribution in [2.24, 2.45) is 0 Å². The van der Waals surface area contributed by atoms with E-state index in [1.54, 1.807) is 50.6 Å². The fourth-order valence-electron chi connectivity index (χ4n) is 4.27. The number of anilines is 3. The van der Waals surface area contributed by atoms with Gasteiger partial charge in [0, 0.05) is 36.9 Å². The van der Waals surface area contributed by atoms with E-state index in [0.29, 0.717) is 27.8 Å². The number of H-pyrrole nitrogens is 1. The number of aromatic nitrogens is 4. The Hall–Kier alpha value is -4.43. The van der Waals surface area contributed by atoms with Crippen molar-refractivity contribution in [2.75, 3.05) is 24.7 Å². The molecule has 41 heavy (non-hydrogen) atoms. The van der Waals surface area contributed by atoms with Crippen LogP contribution in [0.4, 0.5) is 21.5 Å². The van der Waals surface area contributed by atoms with Gasteiger partial charge in [0.1, 0.15) is 11.8 Å². The highest BCUT2D eigenvalue weighted by atomic mass is 35.5. The Balaban J connectivity index is 1.62. The Morgan fingerprint density at radius 2 is 1.90 bits per heavy atom. The molecule has 2 aromatic heterocycles. The Kier molecular flexibility index (Phi) is 7.94. The van der Waals surface area contributed by atoms with E-state index >= 15 is 0 Å². The van der Waals surface area contributed by atoms with Gasteiger partial charge in [0.05, 0.1) is 49.8 Å². The van der Waals surface area contributed by atoms with E-state index in [1.165, 1.54) is 23.2 Å². The number of nitrogens with zero attached hydrogens (tertiary/aromatic N) is 5. The van der Waals surface area contributed by atoms with Crippen molar-refractivity contribution in [1.82, 2.24) is 25.3 Å². The SMILES string of the molecule is CN(C)C(=O)c1cccc(C(Nc2cc(Cl)c3ncc(C#N)c(Nc4ccc(Cl)c(Cl)c4F)c3c2)c2cn[nH]n2)c1. The zero-order valence-electron chi connectivity index (χ0n) is 21.5. The predicted octanol–water partition coefficient (Wildman–Crippen LogP) is 6.97. The van der Waals surface area contributed by atoms with Gasteiger partial charge in [-0.05, 0) is 42.0 Å². The van der Waals surface area contributed by atoms with Crippen molar-refractivity contribution in [3.63, 3.8) is 0 Å². The lowest BCUT2D eigenvalue weighted by molar-refractivity contribution is 0.0827. The Labute approximate surface area is 248 Å². The number of amides is 1. The number of nitriles is 1. The molecule has 3 aromatic carbocycles. The van der Waals surface area contributed by atoms with Crippen LogP contribution in [-0.2, 0) is 0 Å². The molecule has 5 aromatic rings. The molecule has 9 nitrogen and oxygen atoms in total. The third-order valence-corrected chi connectivity index (χ3v) is 7.32. The summed E-state index contributed by atoms with van der Waals surface area (Å²) in [5, 5.41) is 27.5. The molecule has 1 unspecified atom stereocenters. The van der Waals surface area contributed by atoms with E-state index in [-0.39, 0.29) is 37.9 Å². The van der Waals surface area contributed by atoms with Crippen LogP contribution >= 0.6 is 34.8 Å². The van der Waals surface area contributed by atoms with Crippen LogP contribution in [0.25, 0.3) is 10.9 Å². The number of hydrogen-bond acceptors (Lipinski definition) is 7. The first-order valence-electron chi connectivity index (χ1n) is 12.0. The number of benzene rings is 3. The Morgan fingerprint density at radius 1 is 1.10 bits per heavy atom. The van der Waals surface area contributed by atoms with E-state index in [9.17, 15) is 14.4 Å². The fraction of sp³-hybridized carbons (Fsp3) is 0.107. The summed E-state index contributed by atoms with van der Waals surface area (Å²) < 4.78 is 14.9. The Morgan fingerprint density at radius 3 is 2.61 bits per heavy atom. The van der Waals surface area contributed by atoms with Crippen molar-refractivity contribution < 1.29 is 9.18 Å². The standard InChI is InChI=1S/C28H20Cl3FN8O/c1-40(2)28(41)15-5-3-4-14(8-15)26(22-13-35-39-38-22)36-17-9-18-25(16(11-33)12-34-27(18)20(30)10-17)37-21-7-6-19(29)23(31)24(21)32/h3-10,12-13,26,36H,1-2H3,(H,34,37)(H,35,38,39). The molecule has 0 bridgehead atoms. The summed E-state index contributed by atoms with van der Waals surface area (Å²) in [6.07, 6.45) is 2.92. The molecule has 2 heterocycles. The van der Waals surface area contributed by atoms with Crippen molar-refractivity contribution >= 4 is 68.7 Å². The summed E-state index contributed by atoms with van der Waals surface area (Å²) in [5.74, 6) is -0.925. The molecule has 1 amide bonds. The normalized spacial score (nSPS) is 11.6. The lowest BCUT2D eigenvalue weighted by Crippen LogP contribution is -2.22. The molecule has 0 aliphatic heterocycles. The molecule has 13 heteroatoms. The van der Waals surface area contributed by atoms with Crippen LogP contribution in [0.1, 0.15) is 33.2 Å². The Bertz CT molecular complexity index is 1820. The van der Waals surface area contributed by atoms with Crippen LogP contribution in [0.15, 0.2) is 60.9 Å². The molecular weight excluding hydrogens is 590 g/mol. The third-order valence-electron chi connectivity index (χ3n) is 6.25. The monoisotopic (exact) mass is 608 g/mol. The number of hydrogen-bond donors (Lipinski definition) is 3. The lowest BCUT2D eigenvalue weighted by atomic mass is 10.0. The van der Waals surface area contributed by atoms with Gasteiger partial charge in [-0.2, -0.15) is 20.7 Å². The maximum atomic E-state index is 14.9. The fourth-order valence-corrected chi connectivity index (χ4v) is 4.85. The van der Waals surface area contributed by atoms with Crippen molar-refractivity contribution in [1.29, 1.82) is 5.26 Å². The number of aromatic amines is 1. The zero-order chi connectivity index (χ0) is 29.3. The topological polar surface area (TPSA) is 123 Å². The van der Waals surface area contributed by atoms with Gasteiger partial charge < -0.3 is 15.5 Å². The number of carbonyl (C=O) groups excluding carboxylic acids is 1. The maximum Gasteiger partial charge on any atom is 0.253 e. The summed E-state index contributed by atoms with van der Waals surface area (Å²) in [5.41, 5.74) is 3.15. The number of rotatable bonds is 7. The van der Waals surface area contributed by atoms with Crippen molar-refractivity contribution in [3.05, 3.63) is 104 Å². The van der Waals surface area contributed by atoms with Crippen LogP contribution < -0.4 is 10.6 Å². The van der Waals surface area contributed by atoms with E-state index in [0.717, 1.165) is 5.56 Å². The highest BCUT2D eigenvalue weighted by Gasteiger charge is 2.21. The number of fused-ring (bicyclic) bond motifs is 1. The van der Waals surface area contributed by atoms with E-state index in [2.05, 4.69) is 37.1 Å². The van der Waals surface area contributed by atoms with Gasteiger partial charge in [-0.25, -0.2) is 4.39 Å². The van der Waals surface area contributed by atoms with Crippen LogP contribution in [0.2, 0.25) is 15.1 Å². The second kappa shape index (κ2) is 11.6. The smallest absolute Gasteiger partial charge is 0.253 e. The molecule has 0 aliphatic rings. The molecule has 0 saturated carbocycles. The number of pyridine rings is 1. The molecule has 206 valence electrons. The molecule has 0 fully saturated rings. The third kappa shape index (κ3) is 5.60. The van der Waals surface area contributed by atoms with Gasteiger partial charge in [-0.3, -0.25) is 9.78 Å². The minimum Gasteiger partial charge on any atom is -0.373 e. The summed E-state index contributed by atoms with van der Waals surface area (Å²) in [7, 11) is 3.36. The average Bonchev–Trinajstić information content (AvgIpc) is 3.50. The number of carbonyl (C=O) groups is 1. The highest BCUT2D eigenvalue weighted by molar-refractivity contribution is 6.42. The highest BCUT2D eigenvalue weighted by Crippen LogP contribution is 2.38. The molecule has 0 saturated heterocycles. The van der Waals surface area contributed by atoms with Gasteiger partial charge in [0.2, 0.25) is 0 Å². The van der Waals surface area contributed by atoms with Crippen molar-refractivity contribution in [2.45, 2.75) is 6.04 Å². The largest absolute Gasteiger partial charge is 0.373 e. The van der Waals surface area contributed by atoms with Gasteiger partial charge in [-0.15, -0.1) is 0 Å². The minimum atomic E-state index is -0.772. The van der Waals surface area contributed by atoms with Crippen LogP contribution in [0.5, 0.6) is 0 Å². The minimum absolute atomic E-state index is 0.0146. The first kappa shape index (κ1) is 28.1. The van der Waals surface area contributed by atoms with Gasteiger partial charge in [0.25, 0.3) is 5.91 Å². The number of nitrogens with one attached hydrogen (secondary N) is 3. The van der Waals surface area contributed by atoms with E-state index < -0.39 is 11.9 Å². The second-order valence-corrected chi connectivity index (χ2v) is 10.4. The van der Waals surface area contributed by atoms with Crippen molar-refractivity contribution in [3.8, 4) is 6.07 Å². The van der Waals surface area contributed by atoms with Crippen LogP contribution in [0.3, 0.4) is 0 Å². The van der Waals surface area contributed by atoms with Crippen LogP contribution in [-0.4, -0.2) is 45.3 Å². The molecule has 0 spiro atoms. The average molecular weight is 610 g/mol. The first-order chi connectivity index (χ1) is 19.7. The number of halogens is 4. The van der Waals surface area contributed by atoms with Crippen LogP contribution in [0, 0.1) is 17.1 Å². The van der Waals surface area contributed by atoms with E-state index in [4.69, 9.17) is 34.8 Å². The molecule has 1 atom stereocenters. The van der Waals surface area contributed by atoms with Gasteiger partial charge in [-0.1, -0.05) is 46.9 Å². The first-order valence-corrected chi connectivity index (χ1v) is 13.2. The summed E-state index contributed by atoms with van der Waals surface area (Å²) >= 11 is 18.6. The quantitative estimate of drug-likeness (QED) is 0.170. The molecular formula is C28H20Cl3FN8O. The summed E-state index contributed by atoms with van der Waals surface area (Å²) in [6, 6.07) is 14.9. The second-order valence-electron chi connectivity index (χ2n) is 9.16. The lowest BCUT2D eigenvalue weighted by Gasteiger charge is -2.21. The summed E-state index contributed by atoms with van der Waals surface area (Å²) in [4.78, 5) is 18.5. The summed E-state index contributed by atoms with van der Waals surface area (Å²) in [6.45, 7) is 0. The van der Waals surface area contributed by atoms with Gasteiger partial charge in [0.15, 0.2) is 5.82 Å². The molecule has 0 aliphatic carbocycles. The molecule has 5 rings (SSSR count). The van der Waals surface area contributed by atoms with E-state index in [1.807, 2.05) is 6.07 Å². The predicted molar refractivity (Wildman–Crippen MR) is 157 cm³/mol. The zero-order valence-corrected chi connectivity index (χ0v) is 23.8.